The van der Waals surface area contributed by atoms with Crippen LogP contribution in [0.15, 0.2) is 47.5 Å². The van der Waals surface area contributed by atoms with Crippen molar-refractivity contribution in [2.45, 2.75) is 4.90 Å². The summed E-state index contributed by atoms with van der Waals surface area (Å²) in [5.41, 5.74) is 2.28. The third-order valence-electron chi connectivity index (χ3n) is 2.62. The Labute approximate surface area is 122 Å². The second kappa shape index (κ2) is 5.10. The van der Waals surface area contributed by atoms with Crippen molar-refractivity contribution >= 4 is 29.2 Å². The highest BCUT2D eigenvalue weighted by molar-refractivity contribution is 7.93. The fraction of sp³-hybridized carbons (Fsp3) is 0. The van der Waals surface area contributed by atoms with Gasteiger partial charge in [0.15, 0.2) is 5.65 Å². The number of aromatic nitrogens is 3. The third kappa shape index (κ3) is 2.59. The summed E-state index contributed by atoms with van der Waals surface area (Å²) in [5.74, 6) is 0. The first-order valence-corrected chi connectivity index (χ1v) is 6.72. The van der Waals surface area contributed by atoms with Gasteiger partial charge in [-0.25, -0.2) is 9.50 Å². The van der Waals surface area contributed by atoms with E-state index in [0.29, 0.717) is 27.6 Å². The number of imidazole rings is 1. The predicted octanol–water partition coefficient (Wildman–Crippen LogP) is 3.33. The van der Waals surface area contributed by atoms with Gasteiger partial charge in [-0.05, 0) is 24.3 Å². The normalized spacial score (nSPS) is 10.8. The van der Waals surface area contributed by atoms with Gasteiger partial charge in [0.25, 0.3) is 11.9 Å². The molecule has 0 saturated carbocycles. The van der Waals surface area contributed by atoms with Gasteiger partial charge in [0.1, 0.15) is 9.48 Å². The summed E-state index contributed by atoms with van der Waals surface area (Å²) in [7, 11) is 0. The van der Waals surface area contributed by atoms with Crippen molar-refractivity contribution in [2.75, 3.05) is 0 Å². The molecule has 0 spiro atoms. The molecule has 6 nitrogen and oxygen atoms in total. The second-order valence-corrected chi connectivity index (χ2v) is 5.26. The topological polar surface area (TPSA) is 73.3 Å². The van der Waals surface area contributed by atoms with Crippen LogP contribution in [-0.2, 0) is 0 Å². The van der Waals surface area contributed by atoms with E-state index < -0.39 is 4.33 Å². The van der Waals surface area contributed by atoms with Gasteiger partial charge in [-0.1, -0.05) is 23.7 Å². The highest BCUT2D eigenvalue weighted by Gasteiger charge is 2.08. The van der Waals surface area contributed by atoms with Gasteiger partial charge in [-0.2, -0.15) is 5.10 Å². The van der Waals surface area contributed by atoms with Crippen molar-refractivity contribution in [2.24, 2.45) is 0 Å². The van der Waals surface area contributed by atoms with Crippen LogP contribution < -0.4 is 0 Å². The number of halogens is 1. The Bertz CT molecular complexity index is 788. The maximum atomic E-state index is 10.4. The van der Waals surface area contributed by atoms with Crippen molar-refractivity contribution in [3.63, 3.8) is 0 Å². The van der Waals surface area contributed by atoms with E-state index in [-0.39, 0.29) is 0 Å². The molecule has 0 saturated heterocycles. The molecule has 0 radical (unpaired) electrons. The van der Waals surface area contributed by atoms with Crippen molar-refractivity contribution in [3.8, 4) is 11.3 Å². The lowest BCUT2D eigenvalue weighted by Gasteiger charge is -1.96. The molecule has 0 amide bonds. The van der Waals surface area contributed by atoms with Gasteiger partial charge < -0.3 is 0 Å². The number of nitro groups is 1. The Kier molecular flexibility index (Phi) is 3.29. The van der Waals surface area contributed by atoms with Gasteiger partial charge in [0.2, 0.25) is 0 Å². The number of nitrogens with zero attached hydrogens (tertiary/aromatic N) is 4. The summed E-state index contributed by atoms with van der Waals surface area (Å²) >= 11 is 6.39. The molecule has 0 unspecified atom stereocenters. The van der Waals surface area contributed by atoms with Crippen molar-refractivity contribution in [1.29, 1.82) is 0 Å². The molecule has 0 fully saturated rings. The maximum absolute atomic E-state index is 10.4. The van der Waals surface area contributed by atoms with Gasteiger partial charge in [0, 0.05) is 5.56 Å². The number of hydrogen-bond donors (Lipinski definition) is 0. The molecular formula is C12H7ClN4O2S. The Hall–Kier alpha value is -2.12. The largest absolute Gasteiger partial charge is 0.265 e. The molecule has 8 heteroatoms. The van der Waals surface area contributed by atoms with Crippen LogP contribution in [0.3, 0.4) is 0 Å². The molecule has 3 rings (SSSR count). The minimum atomic E-state index is -0.439. The monoisotopic (exact) mass is 306 g/mol. The molecule has 3 aromatic rings. The lowest BCUT2D eigenvalue weighted by atomic mass is 10.2. The molecule has 20 heavy (non-hydrogen) atoms. The highest BCUT2D eigenvalue weighted by atomic mass is 35.5. The molecule has 100 valence electrons. The van der Waals surface area contributed by atoms with E-state index in [1.54, 1.807) is 47.1 Å². The molecule has 0 aliphatic rings. The molecule has 0 N–H and O–H groups in total. The fourth-order valence-electron chi connectivity index (χ4n) is 1.77. The zero-order valence-corrected chi connectivity index (χ0v) is 11.5. The quantitative estimate of drug-likeness (QED) is 0.421. The smallest absolute Gasteiger partial charge is 0.250 e. The summed E-state index contributed by atoms with van der Waals surface area (Å²) in [6.07, 6.45) is 1.76. The first kappa shape index (κ1) is 12.9. The molecular weight excluding hydrogens is 300 g/mol. The zero-order chi connectivity index (χ0) is 14.1. The number of rotatable bonds is 3. The minimum absolute atomic E-state index is 0.388. The summed E-state index contributed by atoms with van der Waals surface area (Å²) in [6, 6.07) is 10.4. The molecule has 0 aliphatic heterocycles. The number of fused-ring (bicyclic) bond motifs is 1. The Morgan fingerprint density at radius 1 is 1.20 bits per heavy atom. The predicted molar refractivity (Wildman–Crippen MR) is 76.3 cm³/mol. The molecule has 0 aliphatic carbocycles. The van der Waals surface area contributed by atoms with Crippen LogP contribution >= 0.6 is 23.5 Å². The minimum Gasteiger partial charge on any atom is -0.250 e. The van der Waals surface area contributed by atoms with Gasteiger partial charge in [0.05, 0.1) is 16.8 Å². The molecule has 1 aromatic carbocycles. The van der Waals surface area contributed by atoms with Crippen LogP contribution in [0.5, 0.6) is 0 Å². The second-order valence-electron chi connectivity index (χ2n) is 3.92. The first-order chi connectivity index (χ1) is 9.61. The van der Waals surface area contributed by atoms with Crippen LogP contribution in [-0.4, -0.2) is 18.9 Å². The van der Waals surface area contributed by atoms with E-state index >= 15 is 0 Å². The summed E-state index contributed by atoms with van der Waals surface area (Å²) in [6.45, 7) is 0. The number of hydrogen-bond acceptors (Lipinski definition) is 5. The van der Waals surface area contributed by atoms with Crippen LogP contribution in [0.1, 0.15) is 0 Å². The van der Waals surface area contributed by atoms with E-state index in [1.807, 2.05) is 0 Å². The SMILES string of the molecule is O=[N+]([O-])Sc1ccc(-c2cn3nc(Cl)ccc3n2)cc1. The third-order valence-corrected chi connectivity index (χ3v) is 3.45. The lowest BCUT2D eigenvalue weighted by Crippen LogP contribution is -1.88. The highest BCUT2D eigenvalue weighted by Crippen LogP contribution is 2.24. The Morgan fingerprint density at radius 3 is 2.65 bits per heavy atom. The van der Waals surface area contributed by atoms with Gasteiger partial charge >= 0.3 is 0 Å². The fourth-order valence-corrected chi connectivity index (χ4v) is 2.34. The average molecular weight is 307 g/mol. The zero-order valence-electron chi connectivity index (χ0n) is 9.93. The number of benzene rings is 1. The maximum Gasteiger partial charge on any atom is 0.265 e. The van der Waals surface area contributed by atoms with E-state index in [4.69, 9.17) is 11.6 Å². The van der Waals surface area contributed by atoms with E-state index in [1.165, 1.54) is 0 Å². The van der Waals surface area contributed by atoms with Crippen LogP contribution in [0.25, 0.3) is 16.9 Å². The van der Waals surface area contributed by atoms with Gasteiger partial charge in [-0.15, -0.1) is 0 Å². The molecule has 2 heterocycles. The molecule has 0 atom stereocenters. The summed E-state index contributed by atoms with van der Waals surface area (Å²) < 4.78 is 1.16. The van der Waals surface area contributed by atoms with Crippen LogP contribution in [0.4, 0.5) is 0 Å². The molecule has 0 bridgehead atoms. The standard InChI is InChI=1S/C12H7ClN4O2S/c13-11-5-6-12-14-10(7-16(12)15-11)8-1-3-9(4-2-8)20-17(18)19/h1-7H. The van der Waals surface area contributed by atoms with Gasteiger partial charge in [-0.3, -0.25) is 10.1 Å². The summed E-state index contributed by atoms with van der Waals surface area (Å²) in [5, 5.41) is 14.9. The van der Waals surface area contributed by atoms with Crippen LogP contribution in [0, 0.1) is 10.1 Å². The average Bonchev–Trinajstić information content (AvgIpc) is 2.81. The van der Waals surface area contributed by atoms with Crippen molar-refractivity contribution < 1.29 is 4.33 Å². The van der Waals surface area contributed by atoms with Crippen LogP contribution in [0.2, 0.25) is 5.15 Å². The van der Waals surface area contributed by atoms with E-state index in [0.717, 1.165) is 11.3 Å². The van der Waals surface area contributed by atoms with Crippen molar-refractivity contribution in [3.05, 3.63) is 57.9 Å². The van der Waals surface area contributed by atoms with E-state index in [9.17, 15) is 10.1 Å². The summed E-state index contributed by atoms with van der Waals surface area (Å²) in [4.78, 5) is 15.4. The first-order valence-electron chi connectivity index (χ1n) is 5.56. The van der Waals surface area contributed by atoms with Crippen molar-refractivity contribution in [1.82, 2.24) is 14.6 Å². The Balaban J connectivity index is 1.96. The Morgan fingerprint density at radius 2 is 1.95 bits per heavy atom. The van der Waals surface area contributed by atoms with E-state index in [2.05, 4.69) is 10.1 Å². The lowest BCUT2D eigenvalue weighted by molar-refractivity contribution is -0.284. The molecule has 2 aromatic heterocycles.